The first-order valence-corrected chi connectivity index (χ1v) is 7.49. The molecule has 0 aliphatic carbocycles. The zero-order valence-corrected chi connectivity index (χ0v) is 13.5. The largest absolute Gasteiger partial charge is 0.384 e. The van der Waals surface area contributed by atoms with Gasteiger partial charge in [-0.2, -0.15) is 0 Å². The lowest BCUT2D eigenvalue weighted by atomic mass is 10.1. The summed E-state index contributed by atoms with van der Waals surface area (Å²) in [5.41, 5.74) is 1.91. The van der Waals surface area contributed by atoms with Crippen LogP contribution >= 0.6 is 22.6 Å². The summed E-state index contributed by atoms with van der Waals surface area (Å²) in [5.74, 6) is 0. The molecule has 0 amide bonds. The molecule has 0 bridgehead atoms. The van der Waals surface area contributed by atoms with Gasteiger partial charge in [0.2, 0.25) is 0 Å². The minimum Gasteiger partial charge on any atom is -0.384 e. The van der Waals surface area contributed by atoms with E-state index in [1.807, 2.05) is 18.3 Å². The van der Waals surface area contributed by atoms with Crippen LogP contribution in [0.5, 0.6) is 0 Å². The highest BCUT2D eigenvalue weighted by Crippen LogP contribution is 2.23. The summed E-state index contributed by atoms with van der Waals surface area (Å²) < 4.78 is 3.33. The summed E-state index contributed by atoms with van der Waals surface area (Å²) in [4.78, 5) is 4.36. The summed E-state index contributed by atoms with van der Waals surface area (Å²) in [5, 5.41) is 11.2. The Labute approximate surface area is 131 Å². The van der Waals surface area contributed by atoms with Crippen molar-refractivity contribution in [2.24, 2.45) is 0 Å². The number of nitrogens with zero attached hydrogens (tertiary/aromatic N) is 2. The summed E-state index contributed by atoms with van der Waals surface area (Å²) in [6.07, 6.45) is 3.84. The van der Waals surface area contributed by atoms with Crippen LogP contribution in [-0.4, -0.2) is 14.7 Å². The fourth-order valence-corrected chi connectivity index (χ4v) is 2.74. The van der Waals surface area contributed by atoms with Gasteiger partial charge in [0.05, 0.1) is 23.1 Å². The van der Waals surface area contributed by atoms with Crippen LogP contribution in [0.25, 0.3) is 16.6 Å². The Kier molecular flexibility index (Phi) is 3.30. The highest BCUT2D eigenvalue weighted by Gasteiger charge is 2.17. The van der Waals surface area contributed by atoms with E-state index in [2.05, 4.69) is 56.4 Å². The predicted octanol–water partition coefficient (Wildman–Crippen LogP) is 3.86. The Hall–Kier alpha value is -1.40. The van der Waals surface area contributed by atoms with E-state index in [0.29, 0.717) is 5.69 Å². The summed E-state index contributed by atoms with van der Waals surface area (Å²) in [6, 6.07) is 12.3. The number of fused-ring (bicyclic) bond motifs is 1. The van der Waals surface area contributed by atoms with Crippen molar-refractivity contribution in [1.82, 2.24) is 9.55 Å². The van der Waals surface area contributed by atoms with Gasteiger partial charge in [-0.25, -0.2) is 0 Å². The van der Waals surface area contributed by atoms with Gasteiger partial charge in [0.15, 0.2) is 0 Å². The van der Waals surface area contributed by atoms with Gasteiger partial charge in [-0.3, -0.25) is 4.98 Å². The Bertz CT molecular complexity index is 754. The topological polar surface area (TPSA) is 38.0 Å². The average Bonchev–Trinajstić information content (AvgIpc) is 2.80. The van der Waals surface area contributed by atoms with Crippen molar-refractivity contribution >= 4 is 33.5 Å². The fraction of sp³-hybridized carbons (Fsp3) is 0.188. The number of hydrogen-bond donors (Lipinski definition) is 1. The molecule has 2 aromatic heterocycles. The molecule has 3 aromatic rings. The first-order chi connectivity index (χ1) is 9.45. The SMILES string of the molecule is CC(C)(O)c1ccc(-n2ccc3cc(I)ccc32)cn1. The second-order valence-corrected chi connectivity index (χ2v) is 6.60. The number of rotatable bonds is 2. The molecule has 2 heterocycles. The number of halogens is 1. The lowest BCUT2D eigenvalue weighted by molar-refractivity contribution is 0.0738. The predicted molar refractivity (Wildman–Crippen MR) is 89.0 cm³/mol. The van der Waals surface area contributed by atoms with Gasteiger partial charge in [-0.05, 0) is 72.8 Å². The molecule has 4 heteroatoms. The standard InChI is InChI=1S/C16H15IN2O/c1-16(2,20)15-6-4-13(10-18-15)19-8-7-11-9-12(17)3-5-14(11)19/h3-10,20H,1-2H3. The van der Waals surface area contributed by atoms with Crippen molar-refractivity contribution in [1.29, 1.82) is 0 Å². The van der Waals surface area contributed by atoms with Crippen molar-refractivity contribution in [2.45, 2.75) is 19.4 Å². The van der Waals surface area contributed by atoms with Crippen LogP contribution < -0.4 is 0 Å². The zero-order chi connectivity index (χ0) is 14.3. The van der Waals surface area contributed by atoms with Crippen LogP contribution in [0, 0.1) is 3.57 Å². The normalized spacial score (nSPS) is 12.0. The molecule has 0 unspecified atom stereocenters. The molecule has 1 N–H and O–H groups in total. The van der Waals surface area contributed by atoms with E-state index in [1.54, 1.807) is 20.0 Å². The number of benzene rings is 1. The maximum Gasteiger partial charge on any atom is 0.101 e. The molecule has 1 aromatic carbocycles. The first kappa shape index (κ1) is 13.6. The molecule has 0 fully saturated rings. The maximum absolute atomic E-state index is 9.94. The molecular weight excluding hydrogens is 363 g/mol. The highest BCUT2D eigenvalue weighted by atomic mass is 127. The third kappa shape index (κ3) is 2.45. The van der Waals surface area contributed by atoms with Gasteiger partial charge >= 0.3 is 0 Å². The van der Waals surface area contributed by atoms with Gasteiger partial charge in [0, 0.05) is 15.2 Å². The number of pyridine rings is 1. The van der Waals surface area contributed by atoms with Crippen LogP contribution in [0.3, 0.4) is 0 Å². The van der Waals surface area contributed by atoms with E-state index >= 15 is 0 Å². The van der Waals surface area contributed by atoms with E-state index < -0.39 is 5.60 Å². The Morgan fingerprint density at radius 2 is 1.95 bits per heavy atom. The zero-order valence-electron chi connectivity index (χ0n) is 11.3. The third-order valence-corrected chi connectivity index (χ3v) is 3.98. The summed E-state index contributed by atoms with van der Waals surface area (Å²) >= 11 is 2.32. The van der Waals surface area contributed by atoms with Crippen LogP contribution in [0.2, 0.25) is 0 Å². The average molecular weight is 378 g/mol. The van der Waals surface area contributed by atoms with E-state index in [4.69, 9.17) is 0 Å². The molecular formula is C16H15IN2O. The Balaban J connectivity index is 2.07. The number of aromatic nitrogens is 2. The third-order valence-electron chi connectivity index (χ3n) is 3.31. The Morgan fingerprint density at radius 3 is 2.60 bits per heavy atom. The fourth-order valence-electron chi connectivity index (χ4n) is 2.23. The summed E-state index contributed by atoms with van der Waals surface area (Å²) in [7, 11) is 0. The molecule has 0 aliphatic rings. The van der Waals surface area contributed by atoms with E-state index in [0.717, 1.165) is 11.2 Å². The summed E-state index contributed by atoms with van der Waals surface area (Å²) in [6.45, 7) is 3.48. The van der Waals surface area contributed by atoms with Gasteiger partial charge < -0.3 is 9.67 Å². The quantitative estimate of drug-likeness (QED) is 0.688. The van der Waals surface area contributed by atoms with Gasteiger partial charge in [-0.1, -0.05) is 0 Å². The van der Waals surface area contributed by atoms with E-state index in [1.165, 1.54) is 8.96 Å². The van der Waals surface area contributed by atoms with Crippen LogP contribution in [0.4, 0.5) is 0 Å². The first-order valence-electron chi connectivity index (χ1n) is 6.41. The van der Waals surface area contributed by atoms with Crippen LogP contribution in [0.1, 0.15) is 19.5 Å². The van der Waals surface area contributed by atoms with Crippen molar-refractivity contribution in [3.05, 3.63) is 58.1 Å². The van der Waals surface area contributed by atoms with Gasteiger partial charge in [0.1, 0.15) is 5.60 Å². The minimum absolute atomic E-state index is 0.673. The van der Waals surface area contributed by atoms with Crippen LogP contribution in [-0.2, 0) is 5.60 Å². The molecule has 20 heavy (non-hydrogen) atoms. The van der Waals surface area contributed by atoms with Crippen molar-refractivity contribution in [2.75, 3.05) is 0 Å². The lowest BCUT2D eigenvalue weighted by Gasteiger charge is -2.16. The molecule has 0 spiro atoms. The second kappa shape index (κ2) is 4.86. The molecule has 0 aliphatic heterocycles. The maximum atomic E-state index is 9.94. The van der Waals surface area contributed by atoms with E-state index in [-0.39, 0.29) is 0 Å². The Morgan fingerprint density at radius 1 is 1.15 bits per heavy atom. The number of aliphatic hydroxyl groups is 1. The molecule has 0 atom stereocenters. The smallest absolute Gasteiger partial charge is 0.101 e. The lowest BCUT2D eigenvalue weighted by Crippen LogP contribution is -2.17. The molecule has 0 saturated carbocycles. The van der Waals surface area contributed by atoms with Crippen molar-refractivity contribution in [3.63, 3.8) is 0 Å². The van der Waals surface area contributed by atoms with Crippen molar-refractivity contribution < 1.29 is 5.11 Å². The minimum atomic E-state index is -0.909. The van der Waals surface area contributed by atoms with Crippen molar-refractivity contribution in [3.8, 4) is 5.69 Å². The molecule has 0 radical (unpaired) electrons. The van der Waals surface area contributed by atoms with E-state index in [9.17, 15) is 5.11 Å². The molecule has 102 valence electrons. The van der Waals surface area contributed by atoms with Gasteiger partial charge in [0.25, 0.3) is 0 Å². The van der Waals surface area contributed by atoms with Gasteiger partial charge in [-0.15, -0.1) is 0 Å². The molecule has 3 nitrogen and oxygen atoms in total. The molecule has 3 rings (SSSR count). The highest BCUT2D eigenvalue weighted by molar-refractivity contribution is 14.1. The second-order valence-electron chi connectivity index (χ2n) is 5.35. The van der Waals surface area contributed by atoms with Crippen LogP contribution in [0.15, 0.2) is 48.8 Å². The monoisotopic (exact) mass is 378 g/mol. The molecule has 0 saturated heterocycles. The number of hydrogen-bond acceptors (Lipinski definition) is 2.